The Balaban J connectivity index is 2.05. The van der Waals surface area contributed by atoms with Crippen molar-refractivity contribution in [2.24, 2.45) is 4.99 Å². The average molecular weight is 378 g/mol. The second kappa shape index (κ2) is 8.01. The summed E-state index contributed by atoms with van der Waals surface area (Å²) in [6.45, 7) is 2.04. The predicted octanol–water partition coefficient (Wildman–Crippen LogP) is 2.67. The zero-order valence-corrected chi connectivity index (χ0v) is 15.3. The third-order valence-corrected chi connectivity index (χ3v) is 5.07. The lowest BCUT2D eigenvalue weighted by Crippen LogP contribution is -2.45. The van der Waals surface area contributed by atoms with Crippen molar-refractivity contribution in [2.45, 2.75) is 19.4 Å². The highest BCUT2D eigenvalue weighted by molar-refractivity contribution is 8.14. The van der Waals surface area contributed by atoms with Crippen molar-refractivity contribution in [3.8, 4) is 0 Å². The zero-order valence-electron chi connectivity index (χ0n) is 14.5. The molecule has 0 aliphatic carbocycles. The Morgan fingerprint density at radius 2 is 2.23 bits per heavy atom. The number of carbonyl (C=O) groups is 2. The molecule has 1 fully saturated rings. The number of ether oxygens (including phenoxy) is 2. The van der Waals surface area contributed by atoms with E-state index >= 15 is 0 Å². The average Bonchev–Trinajstić information content (AvgIpc) is 2.61. The van der Waals surface area contributed by atoms with Gasteiger partial charge < -0.3 is 9.47 Å². The van der Waals surface area contributed by atoms with E-state index in [-0.39, 0.29) is 24.7 Å². The molecule has 8 heteroatoms. The van der Waals surface area contributed by atoms with Crippen molar-refractivity contribution in [2.75, 3.05) is 26.1 Å². The Hall–Kier alpha value is -2.19. The molecule has 1 saturated heterocycles. The fourth-order valence-electron chi connectivity index (χ4n) is 2.94. The SMILES string of the molecule is COCCOC(=O)C1=C(C)N=C2SCCC(=O)N2C1c1cccc(F)c1. The van der Waals surface area contributed by atoms with Gasteiger partial charge in [0.05, 0.1) is 23.9 Å². The quantitative estimate of drug-likeness (QED) is 0.582. The maximum absolute atomic E-state index is 13.8. The number of amidine groups is 1. The molecule has 1 aromatic carbocycles. The minimum Gasteiger partial charge on any atom is -0.460 e. The molecule has 0 saturated carbocycles. The Kier molecular flexibility index (Phi) is 5.73. The number of nitrogens with zero attached hydrogens (tertiary/aromatic N) is 2. The van der Waals surface area contributed by atoms with Crippen LogP contribution in [0.4, 0.5) is 4.39 Å². The molecular weight excluding hydrogens is 359 g/mol. The number of halogens is 1. The summed E-state index contributed by atoms with van der Waals surface area (Å²) in [5.74, 6) is -0.537. The Morgan fingerprint density at radius 1 is 1.42 bits per heavy atom. The molecular formula is C18H19FN2O4S. The second-order valence-corrected chi connectivity index (χ2v) is 6.90. The molecule has 26 heavy (non-hydrogen) atoms. The van der Waals surface area contributed by atoms with Crippen LogP contribution in [0.5, 0.6) is 0 Å². The predicted molar refractivity (Wildman–Crippen MR) is 96.0 cm³/mol. The topological polar surface area (TPSA) is 68.2 Å². The highest BCUT2D eigenvalue weighted by Crippen LogP contribution is 2.40. The van der Waals surface area contributed by atoms with Crippen LogP contribution in [0, 0.1) is 5.82 Å². The number of hydrogen-bond acceptors (Lipinski definition) is 6. The standard InChI is InChI=1S/C18H19FN2O4S/c1-11-15(17(23)25-8-7-24-2)16(12-4-3-5-13(19)10-12)21-14(22)6-9-26-18(21)20-11/h3-5,10,16H,6-9H2,1-2H3. The lowest BCUT2D eigenvalue weighted by Gasteiger charge is -2.38. The number of thioether (sulfide) groups is 1. The van der Waals surface area contributed by atoms with Crippen LogP contribution in [0.2, 0.25) is 0 Å². The molecule has 1 aromatic rings. The normalized spacial score (nSPS) is 20.0. The number of aliphatic imine (C=N–C) groups is 1. The number of allylic oxidation sites excluding steroid dienone is 1. The molecule has 1 amide bonds. The summed E-state index contributed by atoms with van der Waals surface area (Å²) in [6, 6.07) is 5.14. The summed E-state index contributed by atoms with van der Waals surface area (Å²) in [7, 11) is 1.51. The van der Waals surface area contributed by atoms with Crippen LogP contribution in [0.25, 0.3) is 0 Å². The molecule has 138 valence electrons. The lowest BCUT2D eigenvalue weighted by atomic mass is 9.94. The van der Waals surface area contributed by atoms with Gasteiger partial charge in [-0.2, -0.15) is 0 Å². The number of fused-ring (bicyclic) bond motifs is 1. The van der Waals surface area contributed by atoms with Crippen molar-refractivity contribution in [3.05, 3.63) is 46.9 Å². The van der Waals surface area contributed by atoms with Crippen molar-refractivity contribution in [1.29, 1.82) is 0 Å². The maximum atomic E-state index is 13.8. The van der Waals surface area contributed by atoms with Gasteiger partial charge in [-0.15, -0.1) is 0 Å². The van der Waals surface area contributed by atoms with Crippen molar-refractivity contribution >= 4 is 28.8 Å². The van der Waals surface area contributed by atoms with E-state index in [1.165, 1.54) is 35.9 Å². The van der Waals surface area contributed by atoms with Crippen LogP contribution in [0.3, 0.4) is 0 Å². The summed E-state index contributed by atoms with van der Waals surface area (Å²) >= 11 is 1.45. The maximum Gasteiger partial charge on any atom is 0.338 e. The molecule has 0 N–H and O–H groups in total. The van der Waals surface area contributed by atoms with Crippen LogP contribution < -0.4 is 0 Å². The molecule has 2 aliphatic rings. The first-order valence-electron chi connectivity index (χ1n) is 8.18. The first-order valence-corrected chi connectivity index (χ1v) is 9.17. The molecule has 2 heterocycles. The summed E-state index contributed by atoms with van der Waals surface area (Å²) in [6.07, 6.45) is 0.334. The number of hydrogen-bond donors (Lipinski definition) is 0. The highest BCUT2D eigenvalue weighted by atomic mass is 32.2. The minimum absolute atomic E-state index is 0.0846. The molecule has 0 radical (unpaired) electrons. The van der Waals surface area contributed by atoms with Crippen molar-refractivity contribution in [3.63, 3.8) is 0 Å². The van der Waals surface area contributed by atoms with Crippen molar-refractivity contribution in [1.82, 2.24) is 4.90 Å². The summed E-state index contributed by atoms with van der Waals surface area (Å²) in [5.41, 5.74) is 1.22. The smallest absolute Gasteiger partial charge is 0.338 e. The van der Waals surface area contributed by atoms with E-state index in [4.69, 9.17) is 9.47 Å². The van der Waals surface area contributed by atoms with Crippen LogP contribution in [0.15, 0.2) is 40.5 Å². The zero-order chi connectivity index (χ0) is 18.7. The van der Waals surface area contributed by atoms with Gasteiger partial charge in [0.25, 0.3) is 0 Å². The molecule has 0 bridgehead atoms. The van der Waals surface area contributed by atoms with E-state index in [1.54, 1.807) is 19.1 Å². The number of esters is 1. The summed E-state index contributed by atoms with van der Waals surface area (Å²) in [5, 5.41) is 0.529. The Morgan fingerprint density at radius 3 is 2.96 bits per heavy atom. The van der Waals surface area contributed by atoms with Gasteiger partial charge in [0.15, 0.2) is 5.17 Å². The van der Waals surface area contributed by atoms with Gasteiger partial charge in [-0.25, -0.2) is 14.2 Å². The van der Waals surface area contributed by atoms with Crippen molar-refractivity contribution < 1.29 is 23.5 Å². The van der Waals surface area contributed by atoms with E-state index < -0.39 is 17.8 Å². The van der Waals surface area contributed by atoms with Gasteiger partial charge in [0.1, 0.15) is 12.4 Å². The van der Waals surface area contributed by atoms with Crippen LogP contribution in [-0.4, -0.2) is 48.0 Å². The van der Waals surface area contributed by atoms with Gasteiger partial charge in [-0.3, -0.25) is 9.69 Å². The van der Waals surface area contributed by atoms with Gasteiger partial charge in [-0.1, -0.05) is 23.9 Å². The molecule has 3 rings (SSSR count). The molecule has 1 atom stereocenters. The first-order chi connectivity index (χ1) is 12.5. The fraction of sp³-hybridized carbons (Fsp3) is 0.389. The van der Waals surface area contributed by atoms with E-state index in [9.17, 15) is 14.0 Å². The molecule has 0 spiro atoms. The number of carbonyl (C=O) groups excluding carboxylic acids is 2. The van der Waals surface area contributed by atoms with Crippen LogP contribution in [0.1, 0.15) is 24.9 Å². The Bertz CT molecular complexity index is 793. The third kappa shape index (κ3) is 3.66. The first kappa shape index (κ1) is 18.6. The number of amides is 1. The summed E-state index contributed by atoms with van der Waals surface area (Å²) < 4.78 is 24.0. The molecule has 2 aliphatic heterocycles. The van der Waals surface area contributed by atoms with Crippen LogP contribution >= 0.6 is 11.8 Å². The molecule has 0 aromatic heterocycles. The number of rotatable bonds is 5. The lowest BCUT2D eigenvalue weighted by molar-refractivity contribution is -0.141. The fourth-order valence-corrected chi connectivity index (χ4v) is 3.95. The van der Waals surface area contributed by atoms with Gasteiger partial charge in [0, 0.05) is 19.3 Å². The Labute approximate surface area is 155 Å². The van der Waals surface area contributed by atoms with Gasteiger partial charge >= 0.3 is 5.97 Å². The monoisotopic (exact) mass is 378 g/mol. The largest absolute Gasteiger partial charge is 0.460 e. The van der Waals surface area contributed by atoms with Crippen LogP contribution in [-0.2, 0) is 19.1 Å². The van der Waals surface area contributed by atoms with E-state index in [1.807, 2.05) is 0 Å². The number of benzene rings is 1. The minimum atomic E-state index is -0.756. The van der Waals surface area contributed by atoms with Gasteiger partial charge in [-0.05, 0) is 24.6 Å². The second-order valence-electron chi connectivity index (χ2n) is 5.84. The molecule has 6 nitrogen and oxygen atoms in total. The van der Waals surface area contributed by atoms with Gasteiger partial charge in [0.2, 0.25) is 5.91 Å². The highest BCUT2D eigenvalue weighted by Gasteiger charge is 2.41. The van der Waals surface area contributed by atoms with E-state index in [2.05, 4.69) is 4.99 Å². The summed E-state index contributed by atoms with van der Waals surface area (Å²) in [4.78, 5) is 31.2. The van der Waals surface area contributed by atoms with E-state index in [0.717, 1.165) is 0 Å². The van der Waals surface area contributed by atoms with E-state index in [0.29, 0.717) is 28.6 Å². The molecule has 1 unspecified atom stereocenters. The number of methoxy groups -OCH3 is 1. The third-order valence-electron chi connectivity index (χ3n) is 4.11.